The number of nitrogens with zero attached hydrogens (tertiary/aromatic N) is 1. The van der Waals surface area contributed by atoms with E-state index in [1.54, 1.807) is 6.07 Å². The quantitative estimate of drug-likeness (QED) is 0.476. The van der Waals surface area contributed by atoms with Crippen LogP contribution >= 0.6 is 0 Å². The molecule has 2 aromatic carbocycles. The van der Waals surface area contributed by atoms with Crippen molar-refractivity contribution < 1.29 is 23.6 Å². The van der Waals surface area contributed by atoms with Crippen LogP contribution in [0, 0.1) is 0 Å². The predicted octanol–water partition coefficient (Wildman–Crippen LogP) is 1.86. The zero-order valence-corrected chi connectivity index (χ0v) is 16.9. The lowest BCUT2D eigenvalue weighted by molar-refractivity contribution is -0.129. The average Bonchev–Trinajstić information content (AvgIpc) is 3.31. The van der Waals surface area contributed by atoms with Gasteiger partial charge in [0.05, 0.1) is 6.54 Å². The van der Waals surface area contributed by atoms with Gasteiger partial charge in [-0.05, 0) is 18.1 Å². The van der Waals surface area contributed by atoms with E-state index in [1.807, 2.05) is 55.5 Å². The molecule has 0 aliphatic rings. The van der Waals surface area contributed by atoms with Gasteiger partial charge in [0.15, 0.2) is 18.1 Å². The molecule has 0 spiro atoms. The van der Waals surface area contributed by atoms with E-state index in [9.17, 15) is 14.4 Å². The minimum atomic E-state index is -0.609. The van der Waals surface area contributed by atoms with Crippen molar-refractivity contribution in [1.29, 1.82) is 0 Å². The highest BCUT2D eigenvalue weighted by atomic mass is 16.5. The number of amides is 3. The van der Waals surface area contributed by atoms with Crippen molar-refractivity contribution in [3.8, 4) is 17.1 Å². The number of rotatable bonds is 8. The van der Waals surface area contributed by atoms with E-state index >= 15 is 0 Å². The lowest BCUT2D eigenvalue weighted by Crippen LogP contribution is -2.47. The third-order valence-electron chi connectivity index (χ3n) is 4.26. The first-order valence-corrected chi connectivity index (χ1v) is 9.65. The number of carbonyl (C=O) groups is 3. The molecule has 160 valence electrons. The van der Waals surface area contributed by atoms with Gasteiger partial charge in [-0.15, -0.1) is 0 Å². The van der Waals surface area contributed by atoms with E-state index in [4.69, 9.17) is 9.26 Å². The molecule has 0 bridgehead atoms. The van der Waals surface area contributed by atoms with Crippen molar-refractivity contribution in [2.24, 2.45) is 0 Å². The van der Waals surface area contributed by atoms with Gasteiger partial charge in [0.1, 0.15) is 5.75 Å². The average molecular weight is 422 g/mol. The number of benzene rings is 2. The van der Waals surface area contributed by atoms with E-state index in [-0.39, 0.29) is 18.8 Å². The Hall–Kier alpha value is -4.14. The first kappa shape index (κ1) is 21.6. The van der Waals surface area contributed by atoms with E-state index < -0.39 is 17.7 Å². The van der Waals surface area contributed by atoms with Crippen molar-refractivity contribution in [1.82, 2.24) is 21.3 Å². The molecular formula is C22H22N4O5. The molecule has 0 fully saturated rings. The SMILES string of the molecule is CCc1ccccc1OCC(=O)NNC(=O)CNC(=O)c1cc(-c2ccccc2)on1. The number of hydrogen-bond donors (Lipinski definition) is 3. The molecule has 1 heterocycles. The molecule has 3 aromatic rings. The second-order valence-corrected chi connectivity index (χ2v) is 6.47. The molecule has 0 saturated carbocycles. The van der Waals surface area contributed by atoms with Gasteiger partial charge >= 0.3 is 0 Å². The number of hydrazine groups is 1. The lowest BCUT2D eigenvalue weighted by Gasteiger charge is -2.11. The molecule has 3 N–H and O–H groups in total. The van der Waals surface area contributed by atoms with Gasteiger partial charge in [-0.3, -0.25) is 25.2 Å². The van der Waals surface area contributed by atoms with Gasteiger partial charge < -0.3 is 14.6 Å². The molecule has 0 saturated heterocycles. The summed E-state index contributed by atoms with van der Waals surface area (Å²) < 4.78 is 10.6. The van der Waals surface area contributed by atoms with Gasteiger partial charge in [-0.2, -0.15) is 0 Å². The number of nitrogens with one attached hydrogen (secondary N) is 3. The zero-order chi connectivity index (χ0) is 22.1. The Morgan fingerprint density at radius 2 is 1.68 bits per heavy atom. The van der Waals surface area contributed by atoms with Crippen LogP contribution in [0.3, 0.4) is 0 Å². The van der Waals surface area contributed by atoms with Crippen molar-refractivity contribution in [3.63, 3.8) is 0 Å². The molecule has 0 aliphatic carbocycles. The summed E-state index contributed by atoms with van der Waals surface area (Å²) in [6.45, 7) is 1.37. The Morgan fingerprint density at radius 1 is 0.968 bits per heavy atom. The summed E-state index contributed by atoms with van der Waals surface area (Å²) in [5, 5.41) is 6.11. The maximum atomic E-state index is 12.1. The molecule has 3 rings (SSSR count). The molecule has 3 amide bonds. The van der Waals surface area contributed by atoms with Gasteiger partial charge in [0, 0.05) is 11.6 Å². The van der Waals surface area contributed by atoms with Crippen LogP contribution in [0.2, 0.25) is 0 Å². The van der Waals surface area contributed by atoms with Crippen LogP contribution in [0.25, 0.3) is 11.3 Å². The number of aryl methyl sites for hydroxylation is 1. The summed E-state index contributed by atoms with van der Waals surface area (Å²) in [6, 6.07) is 18.1. The highest BCUT2D eigenvalue weighted by molar-refractivity contribution is 5.95. The summed E-state index contributed by atoms with van der Waals surface area (Å²) in [4.78, 5) is 35.8. The van der Waals surface area contributed by atoms with Crippen molar-refractivity contribution >= 4 is 17.7 Å². The van der Waals surface area contributed by atoms with Crippen LogP contribution in [-0.2, 0) is 16.0 Å². The second-order valence-electron chi connectivity index (χ2n) is 6.47. The Labute approximate surface area is 178 Å². The molecule has 31 heavy (non-hydrogen) atoms. The van der Waals surface area contributed by atoms with E-state index in [0.717, 1.165) is 17.5 Å². The number of ether oxygens (including phenoxy) is 1. The first-order valence-electron chi connectivity index (χ1n) is 9.65. The minimum absolute atomic E-state index is 0.0404. The van der Waals surface area contributed by atoms with E-state index in [2.05, 4.69) is 21.3 Å². The summed E-state index contributed by atoms with van der Waals surface area (Å²) in [6.07, 6.45) is 0.770. The highest BCUT2D eigenvalue weighted by Crippen LogP contribution is 2.19. The first-order chi connectivity index (χ1) is 15.1. The van der Waals surface area contributed by atoms with Crippen LogP contribution in [0.4, 0.5) is 0 Å². The highest BCUT2D eigenvalue weighted by Gasteiger charge is 2.15. The van der Waals surface area contributed by atoms with E-state index in [0.29, 0.717) is 11.5 Å². The third kappa shape index (κ3) is 6.17. The molecule has 9 nitrogen and oxygen atoms in total. The van der Waals surface area contributed by atoms with Gasteiger partial charge in [-0.1, -0.05) is 60.6 Å². The fraction of sp³-hybridized carbons (Fsp3) is 0.182. The van der Waals surface area contributed by atoms with Crippen LogP contribution in [-0.4, -0.2) is 36.0 Å². The smallest absolute Gasteiger partial charge is 0.276 e. The molecule has 0 aliphatic heterocycles. The number of aromatic nitrogens is 1. The Morgan fingerprint density at radius 3 is 2.45 bits per heavy atom. The zero-order valence-electron chi connectivity index (χ0n) is 16.9. The standard InChI is InChI=1S/C22H22N4O5/c1-2-15-8-6-7-11-18(15)30-14-21(28)25-24-20(27)13-23-22(29)17-12-19(31-26-17)16-9-4-3-5-10-16/h3-12H,2,13-14H2,1H3,(H,23,29)(H,24,27)(H,25,28). The predicted molar refractivity (Wildman–Crippen MR) is 112 cm³/mol. The molecule has 0 unspecified atom stereocenters. The molecule has 0 atom stereocenters. The molecule has 0 radical (unpaired) electrons. The normalized spacial score (nSPS) is 10.2. The molecule has 9 heteroatoms. The summed E-state index contributed by atoms with van der Waals surface area (Å²) in [5.41, 5.74) is 6.23. The maximum absolute atomic E-state index is 12.1. The fourth-order valence-electron chi connectivity index (χ4n) is 2.67. The minimum Gasteiger partial charge on any atom is -0.483 e. The molecule has 1 aromatic heterocycles. The van der Waals surface area contributed by atoms with Crippen LogP contribution in [0.1, 0.15) is 23.0 Å². The Balaban J connectivity index is 1.39. The van der Waals surface area contributed by atoms with Crippen LogP contribution in [0.15, 0.2) is 65.2 Å². The number of para-hydroxylation sites is 1. The lowest BCUT2D eigenvalue weighted by atomic mass is 10.1. The summed E-state index contributed by atoms with van der Waals surface area (Å²) >= 11 is 0. The van der Waals surface area contributed by atoms with Crippen LogP contribution < -0.4 is 20.9 Å². The van der Waals surface area contributed by atoms with Crippen LogP contribution in [0.5, 0.6) is 5.75 Å². The van der Waals surface area contributed by atoms with Crippen molar-refractivity contribution in [2.75, 3.05) is 13.2 Å². The monoisotopic (exact) mass is 422 g/mol. The van der Waals surface area contributed by atoms with Gasteiger partial charge in [0.25, 0.3) is 17.7 Å². The molecular weight excluding hydrogens is 400 g/mol. The third-order valence-corrected chi connectivity index (χ3v) is 4.26. The van der Waals surface area contributed by atoms with Gasteiger partial charge in [0.2, 0.25) is 0 Å². The largest absolute Gasteiger partial charge is 0.483 e. The second kappa shape index (κ2) is 10.6. The summed E-state index contributed by atoms with van der Waals surface area (Å²) in [5.74, 6) is -0.669. The van der Waals surface area contributed by atoms with Crippen molar-refractivity contribution in [2.45, 2.75) is 13.3 Å². The summed E-state index contributed by atoms with van der Waals surface area (Å²) in [7, 11) is 0. The van der Waals surface area contributed by atoms with E-state index in [1.165, 1.54) is 6.07 Å². The maximum Gasteiger partial charge on any atom is 0.276 e. The number of carbonyl (C=O) groups excluding carboxylic acids is 3. The fourth-order valence-corrected chi connectivity index (χ4v) is 2.67. The Kier molecular flexibility index (Phi) is 7.36. The van der Waals surface area contributed by atoms with Crippen molar-refractivity contribution in [3.05, 3.63) is 71.9 Å². The van der Waals surface area contributed by atoms with Gasteiger partial charge in [-0.25, -0.2) is 0 Å². The Bertz CT molecular complexity index is 1050. The number of hydrogen-bond acceptors (Lipinski definition) is 6. The topological polar surface area (TPSA) is 123 Å².